The molecular weight excluding hydrogens is 336 g/mol. The Morgan fingerprint density at radius 2 is 2.07 bits per heavy atom. The average Bonchev–Trinajstić information content (AvgIpc) is 2.78. The van der Waals surface area contributed by atoms with Crippen LogP contribution in [0.5, 0.6) is 5.75 Å². The van der Waals surface area contributed by atoms with Gasteiger partial charge in [-0.1, -0.05) is 37.3 Å². The van der Waals surface area contributed by atoms with Crippen molar-refractivity contribution in [2.24, 2.45) is 0 Å². The molecule has 0 bridgehead atoms. The monoisotopic (exact) mass is 364 g/mol. The van der Waals surface area contributed by atoms with Gasteiger partial charge in [0.1, 0.15) is 12.4 Å². The molecule has 4 nitrogen and oxygen atoms in total. The lowest BCUT2D eigenvalue weighted by Crippen LogP contribution is -2.35. The molecule has 4 heteroatoms. The number of hydrogen-bond acceptors (Lipinski definition) is 3. The van der Waals surface area contributed by atoms with Crippen LogP contribution in [0, 0.1) is 0 Å². The number of carbonyl (C=O) groups excluding carboxylic acids is 1. The highest BCUT2D eigenvalue weighted by Gasteiger charge is 2.25. The molecule has 1 heterocycles. The van der Waals surface area contributed by atoms with Crippen LogP contribution in [0.2, 0.25) is 0 Å². The zero-order chi connectivity index (χ0) is 19.2. The number of nitrogens with zero attached hydrogens (tertiary/aromatic N) is 1. The molecule has 1 N–H and O–H groups in total. The first-order chi connectivity index (χ1) is 13.1. The summed E-state index contributed by atoms with van der Waals surface area (Å²) in [5, 5.41) is 3.42. The van der Waals surface area contributed by atoms with E-state index >= 15 is 0 Å². The molecule has 0 radical (unpaired) electrons. The lowest BCUT2D eigenvalue weighted by molar-refractivity contribution is -0.118. The van der Waals surface area contributed by atoms with E-state index in [9.17, 15) is 4.79 Å². The fraction of sp³-hybridized carbons (Fsp3) is 0.348. The van der Waals surface area contributed by atoms with Gasteiger partial charge in [-0.3, -0.25) is 4.79 Å². The van der Waals surface area contributed by atoms with Crippen molar-refractivity contribution in [3.63, 3.8) is 0 Å². The highest BCUT2D eigenvalue weighted by Crippen LogP contribution is 2.30. The van der Waals surface area contributed by atoms with E-state index in [4.69, 9.17) is 4.74 Å². The van der Waals surface area contributed by atoms with Gasteiger partial charge in [0.05, 0.1) is 17.9 Å². The van der Waals surface area contributed by atoms with E-state index in [-0.39, 0.29) is 11.9 Å². The summed E-state index contributed by atoms with van der Waals surface area (Å²) in [5.41, 5.74) is 4.29. The summed E-state index contributed by atoms with van der Waals surface area (Å²) in [6.07, 6.45) is 5.51. The zero-order valence-corrected chi connectivity index (χ0v) is 16.4. The van der Waals surface area contributed by atoms with Crippen LogP contribution in [0.4, 0.5) is 11.4 Å². The molecule has 0 saturated heterocycles. The maximum atomic E-state index is 12.7. The van der Waals surface area contributed by atoms with E-state index in [1.807, 2.05) is 55.2 Å². The van der Waals surface area contributed by atoms with Crippen LogP contribution in [0.1, 0.15) is 38.3 Å². The molecule has 0 saturated carbocycles. The third-order valence-corrected chi connectivity index (χ3v) is 4.78. The highest BCUT2D eigenvalue weighted by atomic mass is 16.5. The summed E-state index contributed by atoms with van der Waals surface area (Å²) in [6, 6.07) is 14.3. The number of carbonyl (C=O) groups is 1. The van der Waals surface area contributed by atoms with Gasteiger partial charge in [-0.25, -0.2) is 0 Å². The quantitative estimate of drug-likeness (QED) is 0.793. The van der Waals surface area contributed by atoms with Crippen molar-refractivity contribution in [2.75, 3.05) is 23.4 Å². The molecule has 1 aliphatic heterocycles. The van der Waals surface area contributed by atoms with Crippen molar-refractivity contribution in [1.82, 2.24) is 0 Å². The van der Waals surface area contributed by atoms with Crippen LogP contribution in [-0.2, 0) is 11.2 Å². The second-order valence-electron chi connectivity index (χ2n) is 6.88. The average molecular weight is 364 g/mol. The van der Waals surface area contributed by atoms with Crippen LogP contribution in [0.15, 0.2) is 48.5 Å². The number of aryl methyl sites for hydroxylation is 1. The number of amides is 1. The van der Waals surface area contributed by atoms with E-state index in [0.29, 0.717) is 19.6 Å². The first kappa shape index (κ1) is 19.0. The highest BCUT2D eigenvalue weighted by molar-refractivity contribution is 5.98. The molecule has 0 spiro atoms. The lowest BCUT2D eigenvalue weighted by Gasteiger charge is -2.23. The van der Waals surface area contributed by atoms with Crippen LogP contribution in [0.3, 0.4) is 0 Å². The Bertz CT molecular complexity index is 829. The Kier molecular flexibility index (Phi) is 6.17. The van der Waals surface area contributed by atoms with E-state index in [0.717, 1.165) is 23.5 Å². The minimum absolute atomic E-state index is 0.121. The predicted molar refractivity (Wildman–Crippen MR) is 113 cm³/mol. The van der Waals surface area contributed by atoms with Gasteiger partial charge in [0.25, 0.3) is 0 Å². The first-order valence-electron chi connectivity index (χ1n) is 9.66. The van der Waals surface area contributed by atoms with E-state index in [2.05, 4.69) is 30.4 Å². The Hall–Kier alpha value is -2.75. The summed E-state index contributed by atoms with van der Waals surface area (Å²) < 4.78 is 6.06. The van der Waals surface area contributed by atoms with Crippen molar-refractivity contribution in [2.45, 2.75) is 39.7 Å². The van der Waals surface area contributed by atoms with Crippen LogP contribution in [-0.4, -0.2) is 25.1 Å². The van der Waals surface area contributed by atoms with Gasteiger partial charge < -0.3 is 15.0 Å². The second-order valence-corrected chi connectivity index (χ2v) is 6.88. The molecular formula is C23H28N2O2. The number of hydrogen-bond donors (Lipinski definition) is 1. The molecule has 0 fully saturated rings. The molecule has 1 amide bonds. The van der Waals surface area contributed by atoms with Gasteiger partial charge in [-0.05, 0) is 55.7 Å². The summed E-state index contributed by atoms with van der Waals surface area (Å²) in [7, 11) is 0. The van der Waals surface area contributed by atoms with E-state index in [1.54, 1.807) is 0 Å². The number of allylic oxidation sites excluding steroid dienone is 1. The maximum Gasteiger partial charge on any atom is 0.229 e. The standard InChI is InChI=1S/C23H28N2O2/c1-4-8-18-11-12-22(19(5-2)16-18)27-14-13-25-21-10-7-6-9-20(21)24-17(3)15-23(25)26/h4,6-12,16-17,24H,5,13-15H2,1-3H3/b8-4+/t17-/m0/s1. The van der Waals surface area contributed by atoms with Gasteiger partial charge >= 0.3 is 0 Å². The minimum Gasteiger partial charge on any atom is -0.491 e. The third kappa shape index (κ3) is 4.51. The van der Waals surface area contributed by atoms with E-state index < -0.39 is 0 Å². The fourth-order valence-corrected chi connectivity index (χ4v) is 3.46. The van der Waals surface area contributed by atoms with Crippen molar-refractivity contribution in [3.05, 3.63) is 59.7 Å². The minimum atomic E-state index is 0.121. The smallest absolute Gasteiger partial charge is 0.229 e. The molecule has 27 heavy (non-hydrogen) atoms. The van der Waals surface area contributed by atoms with Gasteiger partial charge in [0.15, 0.2) is 0 Å². The summed E-state index contributed by atoms with van der Waals surface area (Å²) in [4.78, 5) is 14.5. The Labute approximate surface area is 161 Å². The molecule has 2 aromatic rings. The normalized spacial score (nSPS) is 16.8. The molecule has 3 rings (SSSR count). The Morgan fingerprint density at radius 3 is 2.85 bits per heavy atom. The summed E-state index contributed by atoms with van der Waals surface area (Å²) in [5.74, 6) is 1.02. The number of para-hydroxylation sites is 2. The fourth-order valence-electron chi connectivity index (χ4n) is 3.46. The number of fused-ring (bicyclic) bond motifs is 1. The van der Waals surface area contributed by atoms with Crippen molar-refractivity contribution in [3.8, 4) is 5.75 Å². The predicted octanol–water partition coefficient (Wildman–Crippen LogP) is 4.90. The van der Waals surface area contributed by atoms with Gasteiger partial charge in [-0.2, -0.15) is 0 Å². The van der Waals surface area contributed by atoms with Crippen LogP contribution in [0.25, 0.3) is 6.08 Å². The molecule has 2 aromatic carbocycles. The van der Waals surface area contributed by atoms with Crippen molar-refractivity contribution in [1.29, 1.82) is 0 Å². The Balaban J connectivity index is 1.72. The lowest BCUT2D eigenvalue weighted by atomic mass is 10.1. The molecule has 0 aromatic heterocycles. The van der Waals surface area contributed by atoms with Crippen molar-refractivity contribution < 1.29 is 9.53 Å². The van der Waals surface area contributed by atoms with Gasteiger partial charge in [0.2, 0.25) is 5.91 Å². The SMILES string of the molecule is C/C=C/c1ccc(OCCN2C(=O)C[C@H](C)Nc3ccccc32)c(CC)c1. The maximum absolute atomic E-state index is 12.7. The number of nitrogens with one attached hydrogen (secondary N) is 1. The zero-order valence-electron chi connectivity index (χ0n) is 16.4. The summed E-state index contributed by atoms with van der Waals surface area (Å²) in [6.45, 7) is 7.17. The number of benzene rings is 2. The number of anilines is 2. The van der Waals surface area contributed by atoms with Crippen LogP contribution < -0.4 is 15.0 Å². The van der Waals surface area contributed by atoms with Gasteiger partial charge in [0, 0.05) is 12.5 Å². The van der Waals surface area contributed by atoms with E-state index in [1.165, 1.54) is 11.1 Å². The first-order valence-corrected chi connectivity index (χ1v) is 9.66. The largest absolute Gasteiger partial charge is 0.491 e. The molecule has 1 atom stereocenters. The number of rotatable bonds is 6. The third-order valence-electron chi connectivity index (χ3n) is 4.78. The summed E-state index contributed by atoms with van der Waals surface area (Å²) >= 11 is 0. The second kappa shape index (κ2) is 8.76. The van der Waals surface area contributed by atoms with Gasteiger partial charge in [-0.15, -0.1) is 0 Å². The molecule has 0 unspecified atom stereocenters. The van der Waals surface area contributed by atoms with Crippen LogP contribution >= 0.6 is 0 Å². The topological polar surface area (TPSA) is 41.6 Å². The Morgan fingerprint density at radius 1 is 1.26 bits per heavy atom. The molecule has 1 aliphatic rings. The molecule has 142 valence electrons. The van der Waals surface area contributed by atoms with Crippen molar-refractivity contribution >= 4 is 23.4 Å². The molecule has 0 aliphatic carbocycles. The number of ether oxygens (including phenoxy) is 1.